The number of amides is 1. The van der Waals surface area contributed by atoms with Gasteiger partial charge in [0.2, 0.25) is 0 Å². The van der Waals surface area contributed by atoms with Crippen LogP contribution >= 0.6 is 0 Å². The molecule has 2 aromatic carbocycles. The fourth-order valence-corrected chi connectivity index (χ4v) is 1.80. The van der Waals surface area contributed by atoms with E-state index in [-0.39, 0.29) is 17.3 Å². The SMILES string of the molecule is Cc1ccc(C(=O)Nc2ccc(C)cc2[N+](=O)[O-])cc1. The van der Waals surface area contributed by atoms with Crippen molar-refractivity contribution < 1.29 is 9.72 Å². The van der Waals surface area contributed by atoms with Crippen molar-refractivity contribution in [1.29, 1.82) is 0 Å². The molecule has 0 bridgehead atoms. The average Bonchev–Trinajstić information content (AvgIpc) is 2.41. The molecule has 0 radical (unpaired) electrons. The predicted octanol–water partition coefficient (Wildman–Crippen LogP) is 3.46. The largest absolute Gasteiger partial charge is 0.316 e. The predicted molar refractivity (Wildman–Crippen MR) is 77.0 cm³/mol. The van der Waals surface area contributed by atoms with Crippen LogP contribution < -0.4 is 5.32 Å². The van der Waals surface area contributed by atoms with Gasteiger partial charge in [0.05, 0.1) is 4.92 Å². The van der Waals surface area contributed by atoms with Gasteiger partial charge in [-0.2, -0.15) is 0 Å². The van der Waals surface area contributed by atoms with Crippen LogP contribution in [0.25, 0.3) is 0 Å². The van der Waals surface area contributed by atoms with Crippen molar-refractivity contribution in [3.05, 3.63) is 69.3 Å². The number of nitrogens with one attached hydrogen (secondary N) is 1. The number of anilines is 1. The maximum absolute atomic E-state index is 12.1. The van der Waals surface area contributed by atoms with Crippen LogP contribution in [-0.2, 0) is 0 Å². The van der Waals surface area contributed by atoms with Crippen LogP contribution in [0.15, 0.2) is 42.5 Å². The summed E-state index contributed by atoms with van der Waals surface area (Å²) in [7, 11) is 0. The van der Waals surface area contributed by atoms with Crippen molar-refractivity contribution in [3.8, 4) is 0 Å². The summed E-state index contributed by atoms with van der Waals surface area (Å²) in [6, 6.07) is 11.7. The molecule has 0 aliphatic heterocycles. The summed E-state index contributed by atoms with van der Waals surface area (Å²) in [6.07, 6.45) is 0. The Kier molecular flexibility index (Phi) is 3.79. The van der Waals surface area contributed by atoms with Crippen molar-refractivity contribution in [1.82, 2.24) is 0 Å². The second-order valence-corrected chi connectivity index (χ2v) is 4.60. The third kappa shape index (κ3) is 3.00. The Hall–Kier alpha value is -2.69. The third-order valence-electron chi connectivity index (χ3n) is 2.91. The number of nitro benzene ring substituents is 1. The highest BCUT2D eigenvalue weighted by Gasteiger charge is 2.16. The number of rotatable bonds is 3. The van der Waals surface area contributed by atoms with Gasteiger partial charge in [0.25, 0.3) is 11.6 Å². The lowest BCUT2D eigenvalue weighted by Gasteiger charge is -2.07. The second-order valence-electron chi connectivity index (χ2n) is 4.60. The highest BCUT2D eigenvalue weighted by Crippen LogP contribution is 2.25. The van der Waals surface area contributed by atoms with E-state index >= 15 is 0 Å². The van der Waals surface area contributed by atoms with E-state index in [1.54, 1.807) is 31.2 Å². The number of nitro groups is 1. The molecule has 0 aromatic heterocycles. The van der Waals surface area contributed by atoms with Crippen LogP contribution in [0.1, 0.15) is 21.5 Å². The van der Waals surface area contributed by atoms with Crippen molar-refractivity contribution in [2.24, 2.45) is 0 Å². The molecule has 0 atom stereocenters. The van der Waals surface area contributed by atoms with E-state index < -0.39 is 4.92 Å². The van der Waals surface area contributed by atoms with Gasteiger partial charge in [0.15, 0.2) is 0 Å². The van der Waals surface area contributed by atoms with Crippen LogP contribution in [0.2, 0.25) is 0 Å². The summed E-state index contributed by atoms with van der Waals surface area (Å²) < 4.78 is 0. The first-order valence-corrected chi connectivity index (χ1v) is 6.10. The van der Waals surface area contributed by atoms with Gasteiger partial charge in [-0.1, -0.05) is 23.8 Å². The first kappa shape index (κ1) is 13.7. The molecular formula is C15H14N2O3. The zero-order valence-electron chi connectivity index (χ0n) is 11.2. The molecular weight excluding hydrogens is 256 g/mol. The molecule has 1 N–H and O–H groups in total. The van der Waals surface area contributed by atoms with Gasteiger partial charge in [-0.15, -0.1) is 0 Å². The molecule has 2 aromatic rings. The summed E-state index contributed by atoms with van der Waals surface area (Å²) in [4.78, 5) is 22.5. The summed E-state index contributed by atoms with van der Waals surface area (Å²) in [5, 5.41) is 13.6. The Balaban J connectivity index is 2.28. The molecule has 0 saturated heterocycles. The summed E-state index contributed by atoms with van der Waals surface area (Å²) in [6.45, 7) is 3.69. The van der Waals surface area contributed by atoms with E-state index in [1.165, 1.54) is 6.07 Å². The van der Waals surface area contributed by atoms with Crippen molar-refractivity contribution in [3.63, 3.8) is 0 Å². The Morgan fingerprint density at radius 2 is 1.65 bits per heavy atom. The Morgan fingerprint density at radius 1 is 1.05 bits per heavy atom. The van der Waals surface area contributed by atoms with E-state index in [2.05, 4.69) is 5.32 Å². The van der Waals surface area contributed by atoms with E-state index in [1.807, 2.05) is 19.1 Å². The maximum atomic E-state index is 12.1. The van der Waals surface area contributed by atoms with Crippen molar-refractivity contribution in [2.75, 3.05) is 5.32 Å². The molecule has 0 saturated carbocycles. The van der Waals surface area contributed by atoms with Crippen LogP contribution in [0.3, 0.4) is 0 Å². The number of carbonyl (C=O) groups excluding carboxylic acids is 1. The number of nitrogens with zero attached hydrogens (tertiary/aromatic N) is 1. The number of hydrogen-bond acceptors (Lipinski definition) is 3. The molecule has 20 heavy (non-hydrogen) atoms. The van der Waals surface area contributed by atoms with Crippen LogP contribution in [0, 0.1) is 24.0 Å². The molecule has 5 nitrogen and oxygen atoms in total. The Morgan fingerprint density at radius 3 is 2.25 bits per heavy atom. The van der Waals surface area contributed by atoms with Crippen molar-refractivity contribution in [2.45, 2.75) is 13.8 Å². The normalized spacial score (nSPS) is 10.1. The summed E-state index contributed by atoms with van der Waals surface area (Å²) in [5.41, 5.74) is 2.37. The van der Waals surface area contributed by atoms with Gasteiger partial charge < -0.3 is 5.32 Å². The van der Waals surface area contributed by atoms with Gasteiger partial charge in [-0.05, 0) is 37.6 Å². The molecule has 0 heterocycles. The zero-order chi connectivity index (χ0) is 14.7. The third-order valence-corrected chi connectivity index (χ3v) is 2.91. The smallest absolute Gasteiger partial charge is 0.293 e. The number of hydrogen-bond donors (Lipinski definition) is 1. The van der Waals surface area contributed by atoms with Gasteiger partial charge in [0.1, 0.15) is 5.69 Å². The van der Waals surface area contributed by atoms with Gasteiger partial charge >= 0.3 is 0 Å². The first-order valence-electron chi connectivity index (χ1n) is 6.10. The lowest BCUT2D eigenvalue weighted by atomic mass is 10.1. The minimum Gasteiger partial charge on any atom is -0.316 e. The van der Waals surface area contributed by atoms with Gasteiger partial charge in [-0.3, -0.25) is 14.9 Å². The molecule has 2 rings (SSSR count). The molecule has 0 spiro atoms. The van der Waals surface area contributed by atoms with Crippen LogP contribution in [0.5, 0.6) is 0 Å². The van der Waals surface area contributed by atoms with Gasteiger partial charge in [0, 0.05) is 11.6 Å². The molecule has 0 unspecified atom stereocenters. The molecule has 1 amide bonds. The average molecular weight is 270 g/mol. The molecule has 5 heteroatoms. The van der Waals surface area contributed by atoms with E-state index in [4.69, 9.17) is 0 Å². The highest BCUT2D eigenvalue weighted by molar-refractivity contribution is 6.05. The number of aryl methyl sites for hydroxylation is 2. The lowest BCUT2D eigenvalue weighted by molar-refractivity contribution is -0.384. The number of carbonyl (C=O) groups is 1. The second kappa shape index (κ2) is 5.52. The minimum atomic E-state index is -0.502. The topological polar surface area (TPSA) is 72.2 Å². The van der Waals surface area contributed by atoms with E-state index in [0.717, 1.165) is 11.1 Å². The van der Waals surface area contributed by atoms with Crippen molar-refractivity contribution >= 4 is 17.3 Å². The van der Waals surface area contributed by atoms with E-state index in [0.29, 0.717) is 5.56 Å². The fraction of sp³-hybridized carbons (Fsp3) is 0.133. The minimum absolute atomic E-state index is 0.106. The maximum Gasteiger partial charge on any atom is 0.293 e. The van der Waals surface area contributed by atoms with E-state index in [9.17, 15) is 14.9 Å². The van der Waals surface area contributed by atoms with Crippen LogP contribution in [-0.4, -0.2) is 10.8 Å². The molecule has 102 valence electrons. The van der Waals surface area contributed by atoms with Crippen LogP contribution in [0.4, 0.5) is 11.4 Å². The summed E-state index contributed by atoms with van der Waals surface area (Å²) in [5.74, 6) is -0.364. The molecule has 0 fully saturated rings. The lowest BCUT2D eigenvalue weighted by Crippen LogP contribution is -2.13. The van der Waals surface area contributed by atoms with Gasteiger partial charge in [-0.25, -0.2) is 0 Å². The quantitative estimate of drug-likeness (QED) is 0.685. The fourth-order valence-electron chi connectivity index (χ4n) is 1.80. The summed E-state index contributed by atoms with van der Waals surface area (Å²) >= 11 is 0. The monoisotopic (exact) mass is 270 g/mol. The number of benzene rings is 2. The highest BCUT2D eigenvalue weighted by atomic mass is 16.6. The Bertz CT molecular complexity index is 663. The zero-order valence-corrected chi connectivity index (χ0v) is 11.2. The first-order chi connectivity index (χ1) is 9.47. The molecule has 0 aliphatic carbocycles. The standard InChI is InChI=1S/C15H14N2O3/c1-10-3-6-12(7-4-10)15(18)16-13-8-5-11(2)9-14(13)17(19)20/h3-9H,1-2H3,(H,16,18). The molecule has 0 aliphatic rings. The Labute approximate surface area is 116 Å².